The monoisotopic (exact) mass is 460 g/mol. The standard InChI is InChI=1S/C20H21FN6O4S/c1-2-12-8-14-15(31-11-30-14)9-13(12)10-16-24-17-18(22)25-20(21)26-19(17)27(16)6-4-3-5-7-32(23,28)29/h1,8-9H,3-7,10-11H2,(H2,22,25,26)(H2,23,28,29). The molecule has 32 heavy (non-hydrogen) atoms. The summed E-state index contributed by atoms with van der Waals surface area (Å²) in [5.41, 5.74) is 7.81. The molecule has 1 aromatic carbocycles. The molecule has 12 heteroatoms. The molecule has 0 saturated heterocycles. The molecule has 0 amide bonds. The van der Waals surface area contributed by atoms with Crippen LogP contribution in [0.4, 0.5) is 10.2 Å². The smallest absolute Gasteiger partial charge is 0.312 e. The molecule has 0 atom stereocenters. The average Bonchev–Trinajstić information content (AvgIpc) is 3.31. The van der Waals surface area contributed by atoms with Crippen LogP contribution in [0.5, 0.6) is 11.5 Å². The number of unbranched alkanes of at least 4 members (excludes halogenated alkanes) is 2. The molecule has 1 aliphatic rings. The lowest BCUT2D eigenvalue weighted by atomic mass is 10.0. The second-order valence-electron chi connectivity index (χ2n) is 7.34. The number of primary sulfonamides is 1. The molecule has 0 spiro atoms. The number of imidazole rings is 1. The molecule has 4 rings (SSSR count). The lowest BCUT2D eigenvalue weighted by Gasteiger charge is -2.11. The van der Waals surface area contributed by atoms with Crippen molar-refractivity contribution in [2.24, 2.45) is 5.14 Å². The van der Waals surface area contributed by atoms with Gasteiger partial charge in [0.2, 0.25) is 16.8 Å². The maximum absolute atomic E-state index is 13.9. The minimum absolute atomic E-state index is 0.0652. The summed E-state index contributed by atoms with van der Waals surface area (Å²) >= 11 is 0. The van der Waals surface area contributed by atoms with Crippen LogP contribution in [0.1, 0.15) is 36.2 Å². The van der Waals surface area contributed by atoms with Gasteiger partial charge in [-0.3, -0.25) is 0 Å². The number of fused-ring (bicyclic) bond motifs is 2. The number of hydrogen-bond donors (Lipinski definition) is 2. The Balaban J connectivity index is 1.66. The summed E-state index contributed by atoms with van der Waals surface area (Å²) in [7, 11) is -3.51. The third-order valence-corrected chi connectivity index (χ3v) is 5.94. The summed E-state index contributed by atoms with van der Waals surface area (Å²) in [5, 5.41) is 5.05. The number of aryl methyl sites for hydroxylation is 1. The highest BCUT2D eigenvalue weighted by Crippen LogP contribution is 2.35. The van der Waals surface area contributed by atoms with Gasteiger partial charge in [-0.2, -0.15) is 14.4 Å². The Morgan fingerprint density at radius 3 is 2.62 bits per heavy atom. The topological polar surface area (TPSA) is 148 Å². The molecule has 0 fully saturated rings. The van der Waals surface area contributed by atoms with Crippen molar-refractivity contribution in [3.05, 3.63) is 35.2 Å². The van der Waals surface area contributed by atoms with E-state index in [0.29, 0.717) is 55.1 Å². The summed E-state index contributed by atoms with van der Waals surface area (Å²) in [4.78, 5) is 12.0. The van der Waals surface area contributed by atoms with Crippen molar-refractivity contribution in [2.45, 2.75) is 32.2 Å². The minimum atomic E-state index is -3.51. The number of nitrogens with zero attached hydrogens (tertiary/aromatic N) is 4. The largest absolute Gasteiger partial charge is 0.454 e. The predicted octanol–water partition coefficient (Wildman–Crippen LogP) is 1.31. The van der Waals surface area contributed by atoms with E-state index in [1.165, 1.54) is 0 Å². The number of sulfonamides is 1. The van der Waals surface area contributed by atoms with E-state index in [1.54, 1.807) is 16.7 Å². The maximum Gasteiger partial charge on any atom is 0.312 e. The number of hydrogen-bond acceptors (Lipinski definition) is 8. The first-order valence-electron chi connectivity index (χ1n) is 9.83. The third-order valence-electron chi connectivity index (χ3n) is 5.09. The number of ether oxygens (including phenoxy) is 2. The molecule has 3 heterocycles. The van der Waals surface area contributed by atoms with Crippen LogP contribution in [0.25, 0.3) is 11.2 Å². The van der Waals surface area contributed by atoms with Gasteiger partial charge in [0.1, 0.15) is 5.82 Å². The molecule has 3 aromatic rings. The first kappa shape index (κ1) is 21.8. The summed E-state index contributed by atoms with van der Waals surface area (Å²) in [5.74, 6) is 4.19. The van der Waals surface area contributed by atoms with Gasteiger partial charge in [-0.25, -0.2) is 18.5 Å². The molecule has 0 bridgehead atoms. The summed E-state index contributed by atoms with van der Waals surface area (Å²) in [6.07, 6.45) is 6.64. The van der Waals surface area contributed by atoms with E-state index in [-0.39, 0.29) is 29.5 Å². The molecule has 10 nitrogen and oxygen atoms in total. The van der Waals surface area contributed by atoms with Gasteiger partial charge in [-0.05, 0) is 24.5 Å². The number of halogens is 1. The highest BCUT2D eigenvalue weighted by Gasteiger charge is 2.21. The maximum atomic E-state index is 13.9. The van der Waals surface area contributed by atoms with Crippen LogP contribution in [-0.4, -0.2) is 40.5 Å². The van der Waals surface area contributed by atoms with Gasteiger partial charge in [-0.1, -0.05) is 12.3 Å². The number of rotatable bonds is 8. The van der Waals surface area contributed by atoms with Gasteiger partial charge in [0.05, 0.1) is 5.75 Å². The van der Waals surface area contributed by atoms with Crippen LogP contribution in [0.15, 0.2) is 12.1 Å². The van der Waals surface area contributed by atoms with Crippen LogP contribution in [-0.2, 0) is 23.0 Å². The first-order chi connectivity index (χ1) is 15.2. The first-order valence-corrected chi connectivity index (χ1v) is 11.5. The van der Waals surface area contributed by atoms with Gasteiger partial charge >= 0.3 is 6.08 Å². The van der Waals surface area contributed by atoms with E-state index in [9.17, 15) is 12.8 Å². The zero-order chi connectivity index (χ0) is 22.9. The highest BCUT2D eigenvalue weighted by molar-refractivity contribution is 7.89. The Morgan fingerprint density at radius 1 is 1.16 bits per heavy atom. The Hall–Kier alpha value is -3.43. The van der Waals surface area contributed by atoms with Crippen molar-refractivity contribution < 1.29 is 22.3 Å². The third kappa shape index (κ3) is 4.58. The molecule has 4 N–H and O–H groups in total. The number of benzene rings is 1. The Kier molecular flexibility index (Phi) is 5.86. The molecule has 0 radical (unpaired) electrons. The van der Waals surface area contributed by atoms with Crippen molar-refractivity contribution >= 4 is 27.0 Å². The SMILES string of the molecule is C#Cc1cc2c(cc1Cc1nc3c(N)nc(F)nc3n1CCCCCS(N)(=O)=O)OCO2. The van der Waals surface area contributed by atoms with Gasteiger partial charge < -0.3 is 19.8 Å². The fraction of sp³-hybridized carbons (Fsp3) is 0.350. The van der Waals surface area contributed by atoms with Crippen LogP contribution in [0.3, 0.4) is 0 Å². The van der Waals surface area contributed by atoms with E-state index in [0.717, 1.165) is 5.56 Å². The van der Waals surface area contributed by atoms with Gasteiger partial charge in [0, 0.05) is 24.6 Å². The molecular formula is C20H21FN6O4S. The highest BCUT2D eigenvalue weighted by atomic mass is 32.2. The van der Waals surface area contributed by atoms with E-state index >= 15 is 0 Å². The van der Waals surface area contributed by atoms with Gasteiger partial charge in [0.25, 0.3) is 0 Å². The zero-order valence-electron chi connectivity index (χ0n) is 17.0. The lowest BCUT2D eigenvalue weighted by Crippen LogP contribution is -2.16. The van der Waals surface area contributed by atoms with Crippen LogP contribution < -0.4 is 20.3 Å². The van der Waals surface area contributed by atoms with E-state index < -0.39 is 16.1 Å². The van der Waals surface area contributed by atoms with Crippen LogP contribution >= 0.6 is 0 Å². The normalized spacial score (nSPS) is 12.9. The predicted molar refractivity (Wildman–Crippen MR) is 115 cm³/mol. The minimum Gasteiger partial charge on any atom is -0.454 e. The number of nitrogens with two attached hydrogens (primary N) is 2. The lowest BCUT2D eigenvalue weighted by molar-refractivity contribution is 0.174. The summed E-state index contributed by atoms with van der Waals surface area (Å²) in [6.45, 7) is 0.535. The Bertz CT molecular complexity index is 1330. The van der Waals surface area contributed by atoms with Crippen molar-refractivity contribution in [3.63, 3.8) is 0 Å². The summed E-state index contributed by atoms with van der Waals surface area (Å²) < 4.78 is 48.7. The van der Waals surface area contributed by atoms with E-state index in [1.807, 2.05) is 0 Å². The fourth-order valence-corrected chi connectivity index (χ4v) is 4.20. The van der Waals surface area contributed by atoms with Crippen LogP contribution in [0.2, 0.25) is 0 Å². The number of anilines is 1. The quantitative estimate of drug-likeness (QED) is 0.290. The van der Waals surface area contributed by atoms with Crippen molar-refractivity contribution in [1.82, 2.24) is 19.5 Å². The van der Waals surface area contributed by atoms with Crippen molar-refractivity contribution in [2.75, 3.05) is 18.3 Å². The molecule has 1 aliphatic heterocycles. The molecule has 0 aliphatic carbocycles. The number of terminal acetylenes is 1. The van der Waals surface area contributed by atoms with Crippen LogP contribution in [0, 0.1) is 18.4 Å². The molecule has 0 unspecified atom stereocenters. The van der Waals surface area contributed by atoms with Crippen molar-refractivity contribution in [1.29, 1.82) is 0 Å². The molecular weight excluding hydrogens is 439 g/mol. The fourth-order valence-electron chi connectivity index (χ4n) is 3.59. The number of aromatic nitrogens is 4. The van der Waals surface area contributed by atoms with Gasteiger partial charge in [0.15, 0.2) is 28.5 Å². The zero-order valence-corrected chi connectivity index (χ0v) is 17.9. The molecule has 0 saturated carbocycles. The second-order valence-corrected chi connectivity index (χ2v) is 9.08. The number of nitrogen functional groups attached to an aromatic ring is 1. The average molecular weight is 460 g/mol. The Morgan fingerprint density at radius 2 is 1.91 bits per heavy atom. The Labute approximate surface area is 183 Å². The molecule has 2 aromatic heterocycles. The molecule has 168 valence electrons. The van der Waals surface area contributed by atoms with Gasteiger partial charge in [-0.15, -0.1) is 6.42 Å². The second kappa shape index (κ2) is 8.60. The summed E-state index contributed by atoms with van der Waals surface area (Å²) in [6, 6.07) is 3.52. The van der Waals surface area contributed by atoms with Crippen molar-refractivity contribution in [3.8, 4) is 23.8 Å². The van der Waals surface area contributed by atoms with E-state index in [2.05, 4.69) is 20.9 Å². The van der Waals surface area contributed by atoms with E-state index in [4.69, 9.17) is 26.8 Å².